The van der Waals surface area contributed by atoms with Crippen LogP contribution >= 0.6 is 11.6 Å². The largest absolute Gasteiger partial charge is 0.452 e. The third-order valence-electron chi connectivity index (χ3n) is 4.41. The molecule has 1 aliphatic rings. The van der Waals surface area contributed by atoms with E-state index in [0.717, 1.165) is 23.1 Å². The Hall–Kier alpha value is -2.92. The highest BCUT2D eigenvalue weighted by Gasteiger charge is 2.25. The third-order valence-corrected chi connectivity index (χ3v) is 4.62. The van der Waals surface area contributed by atoms with Gasteiger partial charge in [0.15, 0.2) is 6.61 Å². The second-order valence-electron chi connectivity index (χ2n) is 6.04. The maximum Gasteiger partial charge on any atom is 0.338 e. The topological polar surface area (TPSA) is 59.5 Å². The molecule has 6 heteroatoms. The second kappa shape index (κ2) is 6.77. The van der Waals surface area contributed by atoms with Gasteiger partial charge < -0.3 is 9.64 Å². The van der Waals surface area contributed by atoms with E-state index in [1.807, 2.05) is 24.3 Å². The van der Waals surface area contributed by atoms with Gasteiger partial charge in [-0.3, -0.25) is 4.79 Å². The minimum absolute atomic E-state index is 0.225. The molecular formula is C20H15ClN2O3. The van der Waals surface area contributed by atoms with Crippen molar-refractivity contribution in [3.8, 4) is 0 Å². The van der Waals surface area contributed by atoms with E-state index in [-0.39, 0.29) is 12.5 Å². The van der Waals surface area contributed by atoms with Gasteiger partial charge in [-0.15, -0.1) is 0 Å². The first-order valence-electron chi connectivity index (χ1n) is 8.23. The summed E-state index contributed by atoms with van der Waals surface area (Å²) in [6.07, 6.45) is 0.816. The number of carbonyl (C=O) groups excluding carboxylic acids is 2. The van der Waals surface area contributed by atoms with Crippen LogP contribution in [0.1, 0.15) is 15.9 Å². The average Bonchev–Trinajstić information content (AvgIpc) is 3.09. The number of fused-ring (bicyclic) bond motifs is 2. The van der Waals surface area contributed by atoms with Crippen molar-refractivity contribution in [1.29, 1.82) is 0 Å². The molecule has 0 radical (unpaired) electrons. The van der Waals surface area contributed by atoms with Gasteiger partial charge in [-0.2, -0.15) is 0 Å². The molecule has 5 nitrogen and oxygen atoms in total. The molecule has 0 unspecified atom stereocenters. The summed E-state index contributed by atoms with van der Waals surface area (Å²) < 4.78 is 5.21. The molecule has 0 atom stereocenters. The van der Waals surface area contributed by atoms with Crippen LogP contribution in [0.2, 0.25) is 5.15 Å². The molecule has 2 aromatic carbocycles. The maximum absolute atomic E-state index is 12.4. The molecule has 1 aromatic heterocycles. The van der Waals surface area contributed by atoms with Gasteiger partial charge in [0.2, 0.25) is 0 Å². The van der Waals surface area contributed by atoms with Gasteiger partial charge in [-0.25, -0.2) is 9.78 Å². The number of ether oxygens (including phenoxy) is 1. The van der Waals surface area contributed by atoms with Gasteiger partial charge in [-0.05, 0) is 48.4 Å². The molecule has 2 heterocycles. The molecule has 4 rings (SSSR count). The van der Waals surface area contributed by atoms with Crippen LogP contribution in [-0.2, 0) is 16.0 Å². The zero-order chi connectivity index (χ0) is 18.1. The van der Waals surface area contributed by atoms with Crippen LogP contribution in [0.4, 0.5) is 5.69 Å². The first kappa shape index (κ1) is 16.5. The normalized spacial score (nSPS) is 12.9. The number of aromatic nitrogens is 1. The fourth-order valence-corrected chi connectivity index (χ4v) is 3.27. The highest BCUT2D eigenvalue weighted by atomic mass is 35.5. The van der Waals surface area contributed by atoms with Crippen molar-refractivity contribution in [3.05, 3.63) is 70.9 Å². The number of hydrogen-bond donors (Lipinski definition) is 0. The maximum atomic E-state index is 12.4. The molecule has 0 saturated carbocycles. The summed E-state index contributed by atoms with van der Waals surface area (Å²) in [4.78, 5) is 30.5. The lowest BCUT2D eigenvalue weighted by molar-refractivity contribution is -0.121. The van der Waals surface area contributed by atoms with E-state index in [2.05, 4.69) is 4.98 Å². The average molecular weight is 367 g/mol. The lowest BCUT2D eigenvalue weighted by atomic mass is 10.1. The van der Waals surface area contributed by atoms with Gasteiger partial charge in [-0.1, -0.05) is 29.8 Å². The SMILES string of the molecule is O=C(OCC(=O)N1CCc2ccccc21)c1ccc2nc(Cl)ccc2c1. The van der Waals surface area contributed by atoms with Crippen LogP contribution < -0.4 is 4.90 Å². The Labute approximate surface area is 155 Å². The van der Waals surface area contributed by atoms with Gasteiger partial charge in [0.05, 0.1) is 11.1 Å². The van der Waals surface area contributed by atoms with Gasteiger partial charge in [0.25, 0.3) is 5.91 Å². The van der Waals surface area contributed by atoms with E-state index in [4.69, 9.17) is 16.3 Å². The number of hydrogen-bond acceptors (Lipinski definition) is 4. The van der Waals surface area contributed by atoms with Gasteiger partial charge in [0, 0.05) is 17.6 Å². The van der Waals surface area contributed by atoms with E-state index < -0.39 is 5.97 Å². The predicted molar refractivity (Wildman–Crippen MR) is 99.5 cm³/mol. The summed E-state index contributed by atoms with van der Waals surface area (Å²) in [5.74, 6) is -0.764. The highest BCUT2D eigenvalue weighted by Crippen LogP contribution is 2.27. The smallest absolute Gasteiger partial charge is 0.338 e. The molecule has 0 bridgehead atoms. The zero-order valence-electron chi connectivity index (χ0n) is 13.8. The number of rotatable bonds is 3. The molecule has 1 aliphatic heterocycles. The van der Waals surface area contributed by atoms with Crippen molar-refractivity contribution >= 4 is 40.1 Å². The fourth-order valence-electron chi connectivity index (χ4n) is 3.11. The van der Waals surface area contributed by atoms with E-state index in [1.165, 1.54) is 0 Å². The lowest BCUT2D eigenvalue weighted by Gasteiger charge is -2.17. The Morgan fingerprint density at radius 3 is 2.85 bits per heavy atom. The number of pyridine rings is 1. The molecule has 0 aliphatic carbocycles. The number of esters is 1. The van der Waals surface area contributed by atoms with E-state index in [9.17, 15) is 9.59 Å². The van der Waals surface area contributed by atoms with Crippen LogP contribution in [0, 0.1) is 0 Å². The van der Waals surface area contributed by atoms with E-state index in [1.54, 1.807) is 35.2 Å². The van der Waals surface area contributed by atoms with Crippen molar-refractivity contribution < 1.29 is 14.3 Å². The standard InChI is InChI=1S/C20H15ClN2O3/c21-18-8-6-14-11-15(5-7-16(14)22-18)20(25)26-12-19(24)23-10-9-13-3-1-2-4-17(13)23/h1-8,11H,9-10,12H2. The van der Waals surface area contributed by atoms with Crippen molar-refractivity contribution in [2.75, 3.05) is 18.1 Å². The summed E-state index contributed by atoms with van der Waals surface area (Å²) in [5, 5.41) is 1.17. The minimum atomic E-state index is -0.539. The molecule has 3 aromatic rings. The van der Waals surface area contributed by atoms with Crippen molar-refractivity contribution in [1.82, 2.24) is 4.98 Å². The molecule has 1 amide bonds. The lowest BCUT2D eigenvalue weighted by Crippen LogP contribution is -2.33. The van der Waals surface area contributed by atoms with Gasteiger partial charge >= 0.3 is 5.97 Å². The van der Waals surface area contributed by atoms with Crippen molar-refractivity contribution in [3.63, 3.8) is 0 Å². The Balaban J connectivity index is 1.44. The Bertz CT molecular complexity index is 1020. The van der Waals surface area contributed by atoms with E-state index >= 15 is 0 Å². The summed E-state index contributed by atoms with van der Waals surface area (Å²) in [7, 11) is 0. The number of amides is 1. The molecule has 0 N–H and O–H groups in total. The molecule has 0 fully saturated rings. The Morgan fingerprint density at radius 2 is 1.96 bits per heavy atom. The highest BCUT2D eigenvalue weighted by molar-refractivity contribution is 6.29. The minimum Gasteiger partial charge on any atom is -0.452 e. The molecule has 0 saturated heterocycles. The van der Waals surface area contributed by atoms with E-state index in [0.29, 0.717) is 22.8 Å². The van der Waals surface area contributed by atoms with Crippen LogP contribution in [0.15, 0.2) is 54.6 Å². The number of para-hydroxylation sites is 1. The second-order valence-corrected chi connectivity index (χ2v) is 6.43. The third kappa shape index (κ3) is 3.13. The number of benzene rings is 2. The first-order chi connectivity index (χ1) is 12.6. The molecule has 130 valence electrons. The van der Waals surface area contributed by atoms with Crippen LogP contribution in [0.5, 0.6) is 0 Å². The van der Waals surface area contributed by atoms with Crippen LogP contribution in [-0.4, -0.2) is 30.0 Å². The zero-order valence-corrected chi connectivity index (χ0v) is 14.6. The van der Waals surface area contributed by atoms with Crippen molar-refractivity contribution in [2.24, 2.45) is 0 Å². The Morgan fingerprint density at radius 1 is 1.12 bits per heavy atom. The number of nitrogens with zero attached hydrogens (tertiary/aromatic N) is 2. The summed E-state index contributed by atoms with van der Waals surface area (Å²) in [5.41, 5.74) is 3.09. The van der Waals surface area contributed by atoms with Crippen LogP contribution in [0.3, 0.4) is 0 Å². The monoisotopic (exact) mass is 366 g/mol. The predicted octanol–water partition coefficient (Wildman–Crippen LogP) is 3.63. The molecular weight excluding hydrogens is 352 g/mol. The summed E-state index contributed by atoms with van der Waals surface area (Å²) >= 11 is 5.86. The Kier molecular flexibility index (Phi) is 4.31. The fraction of sp³-hybridized carbons (Fsp3) is 0.150. The van der Waals surface area contributed by atoms with Gasteiger partial charge in [0.1, 0.15) is 5.15 Å². The number of halogens is 1. The first-order valence-corrected chi connectivity index (χ1v) is 8.61. The summed E-state index contributed by atoms with van der Waals surface area (Å²) in [6, 6.07) is 16.2. The molecule has 0 spiro atoms. The van der Waals surface area contributed by atoms with Crippen LogP contribution in [0.25, 0.3) is 10.9 Å². The quantitative estimate of drug-likeness (QED) is 0.524. The number of anilines is 1. The number of carbonyl (C=O) groups is 2. The molecule has 26 heavy (non-hydrogen) atoms. The van der Waals surface area contributed by atoms with Crippen molar-refractivity contribution in [2.45, 2.75) is 6.42 Å². The summed E-state index contributed by atoms with van der Waals surface area (Å²) in [6.45, 7) is 0.322.